The van der Waals surface area contributed by atoms with Crippen LogP contribution in [0.5, 0.6) is 5.75 Å². The molecule has 1 saturated carbocycles. The summed E-state index contributed by atoms with van der Waals surface area (Å²) in [6.45, 7) is 17.1. The summed E-state index contributed by atoms with van der Waals surface area (Å²) in [4.78, 5) is 25.3. The Labute approximate surface area is 238 Å². The van der Waals surface area contributed by atoms with Gasteiger partial charge in [-0.15, -0.1) is 6.58 Å². The fourth-order valence-electron chi connectivity index (χ4n) is 4.75. The van der Waals surface area contributed by atoms with Gasteiger partial charge in [0.25, 0.3) is 0 Å². The van der Waals surface area contributed by atoms with Gasteiger partial charge in [0, 0.05) is 4.88 Å². The van der Waals surface area contributed by atoms with E-state index in [-0.39, 0.29) is 44.0 Å². The number of ether oxygens (including phenoxy) is 3. The van der Waals surface area contributed by atoms with Crippen LogP contribution < -0.4 is 4.74 Å². The molecule has 3 rings (SSSR count). The monoisotopic (exact) mass is 572 g/mol. The summed E-state index contributed by atoms with van der Waals surface area (Å²) in [6, 6.07) is 9.68. The quantitative estimate of drug-likeness (QED) is 0.0793. The van der Waals surface area contributed by atoms with Crippen molar-refractivity contribution in [1.82, 2.24) is 0 Å². The van der Waals surface area contributed by atoms with Crippen LogP contribution in [-0.2, 0) is 19.1 Å². The predicted molar refractivity (Wildman–Crippen MR) is 158 cm³/mol. The van der Waals surface area contributed by atoms with Crippen molar-refractivity contribution in [2.24, 2.45) is 17.3 Å². The Morgan fingerprint density at radius 1 is 1.11 bits per heavy atom. The number of esters is 2. The molecule has 0 spiro atoms. The molecule has 0 amide bonds. The smallest absolute Gasteiger partial charge is 0.306 e. The van der Waals surface area contributed by atoms with E-state index >= 15 is 0 Å². The van der Waals surface area contributed by atoms with Crippen molar-refractivity contribution in [3.63, 3.8) is 0 Å². The molecule has 0 radical (unpaired) electrons. The molecule has 0 N–H and O–H groups in total. The average Bonchev–Trinajstić information content (AvgIpc) is 3.35. The Morgan fingerprint density at radius 3 is 2.39 bits per heavy atom. The molecule has 5 nitrogen and oxygen atoms in total. The molecule has 0 saturated heterocycles. The van der Waals surface area contributed by atoms with Crippen LogP contribution in [-0.4, -0.2) is 31.8 Å². The lowest BCUT2D eigenvalue weighted by Crippen LogP contribution is -2.34. The Morgan fingerprint density at radius 2 is 1.79 bits per heavy atom. The second-order valence-electron chi connectivity index (χ2n) is 9.99. The van der Waals surface area contributed by atoms with E-state index in [9.17, 15) is 9.59 Å². The van der Waals surface area contributed by atoms with Crippen molar-refractivity contribution in [2.45, 2.75) is 46.0 Å². The fourth-order valence-corrected chi connectivity index (χ4v) is 7.16. The first-order valence-corrected chi connectivity index (χ1v) is 15.3. The number of hydrogen-bond acceptors (Lipinski definition) is 8. The van der Waals surface area contributed by atoms with Crippen molar-refractivity contribution in [1.29, 1.82) is 0 Å². The van der Waals surface area contributed by atoms with Crippen LogP contribution in [0.25, 0.3) is 10.4 Å². The predicted octanol–water partition coefficient (Wildman–Crippen LogP) is 8.19. The molecule has 1 fully saturated rings. The number of rotatable bonds is 13. The van der Waals surface area contributed by atoms with Gasteiger partial charge in [-0.05, 0) is 84.9 Å². The van der Waals surface area contributed by atoms with E-state index in [4.69, 9.17) is 26.4 Å². The summed E-state index contributed by atoms with van der Waals surface area (Å²) in [5.74, 6) is 0.399. The van der Waals surface area contributed by atoms with Gasteiger partial charge in [-0.1, -0.05) is 64.6 Å². The minimum atomic E-state index is -0.460. The summed E-state index contributed by atoms with van der Waals surface area (Å²) in [7, 11) is 3.23. The van der Waals surface area contributed by atoms with Gasteiger partial charge in [-0.3, -0.25) is 9.59 Å². The van der Waals surface area contributed by atoms with Gasteiger partial charge >= 0.3 is 11.9 Å². The molecule has 1 aliphatic rings. The molecule has 8 heteroatoms. The van der Waals surface area contributed by atoms with E-state index < -0.39 is 11.9 Å². The van der Waals surface area contributed by atoms with Gasteiger partial charge < -0.3 is 14.2 Å². The molecule has 1 aromatic carbocycles. The van der Waals surface area contributed by atoms with Crippen LogP contribution in [0.1, 0.15) is 46.0 Å². The third kappa shape index (κ3) is 8.48. The third-order valence-electron chi connectivity index (χ3n) is 7.15. The average molecular weight is 573 g/mol. The maximum atomic E-state index is 12.2. The van der Waals surface area contributed by atoms with E-state index in [0.29, 0.717) is 11.7 Å². The minimum Gasteiger partial charge on any atom is -0.490 e. The normalized spacial score (nSPS) is 20.8. The highest BCUT2D eigenvalue weighted by Crippen LogP contribution is 2.48. The van der Waals surface area contributed by atoms with Crippen LogP contribution in [0, 0.1) is 21.1 Å². The Bertz CT molecular complexity index is 1210. The van der Waals surface area contributed by atoms with Crippen molar-refractivity contribution in [3.05, 3.63) is 71.1 Å². The summed E-state index contributed by atoms with van der Waals surface area (Å²) in [5, 5.41) is 0. The second-order valence-corrected chi connectivity index (χ2v) is 12.9. The van der Waals surface area contributed by atoms with Gasteiger partial charge in [-0.2, -0.15) is 0 Å². The summed E-state index contributed by atoms with van der Waals surface area (Å²) in [5.41, 5.74) is 3.17. The lowest BCUT2D eigenvalue weighted by molar-refractivity contribution is -0.150. The largest absolute Gasteiger partial charge is 0.490 e. The molecule has 1 heterocycles. The summed E-state index contributed by atoms with van der Waals surface area (Å²) >= 11 is 5.18. The first-order chi connectivity index (χ1) is 18.1. The molecule has 38 heavy (non-hydrogen) atoms. The highest BCUT2D eigenvalue weighted by Gasteiger charge is 2.38. The second kappa shape index (κ2) is 14.0. The fraction of sp³-hybridized carbons (Fsp3) is 0.433. The SMILES string of the molecule is C=C[C@]1(C)CC[C@@H](C(=C)COC(=O)CCC(=O)OCCOc2ccc(-c3cc(=S)ss3)cc2)C[C@H]1C(=C)C. The molecule has 0 unspecified atom stereocenters. The maximum absolute atomic E-state index is 12.2. The van der Waals surface area contributed by atoms with Gasteiger partial charge in [0.1, 0.15) is 29.4 Å². The molecule has 204 valence electrons. The standard InChI is InChI=1S/C30H36O5S3/c1-6-30(5)14-13-23(17-25(30)20(2)3)21(4)19-35-28(32)12-11-27(31)34-16-15-33-24-9-7-22(8-10-24)26-18-29(36)38-37-26/h6-10,18,23,25H,1-2,4,11-17,19H2,3,5H3/t23-,25+,30-/m1/s1. The van der Waals surface area contributed by atoms with Crippen molar-refractivity contribution in [2.75, 3.05) is 19.8 Å². The topological polar surface area (TPSA) is 61.8 Å². The molecule has 1 aliphatic carbocycles. The lowest BCUT2D eigenvalue weighted by atomic mass is 9.61. The van der Waals surface area contributed by atoms with E-state index in [1.807, 2.05) is 36.4 Å². The lowest BCUT2D eigenvalue weighted by Gasteiger charge is -2.43. The molecular weight excluding hydrogens is 537 g/mol. The maximum Gasteiger partial charge on any atom is 0.306 e. The van der Waals surface area contributed by atoms with Gasteiger partial charge in [0.15, 0.2) is 0 Å². The minimum absolute atomic E-state index is 0.0301. The zero-order valence-electron chi connectivity index (χ0n) is 22.2. The van der Waals surface area contributed by atoms with Gasteiger partial charge in [0.05, 0.1) is 12.8 Å². The number of allylic oxidation sites excluding steroid dienone is 2. The first-order valence-electron chi connectivity index (χ1n) is 12.7. The van der Waals surface area contributed by atoms with Crippen LogP contribution in [0.15, 0.2) is 67.3 Å². The van der Waals surface area contributed by atoms with Crippen molar-refractivity contribution in [3.8, 4) is 16.2 Å². The van der Waals surface area contributed by atoms with E-state index in [2.05, 4.69) is 33.6 Å². The zero-order chi connectivity index (χ0) is 27.7. The number of carbonyl (C=O) groups excluding carboxylic acids is 2. The van der Waals surface area contributed by atoms with E-state index in [0.717, 1.165) is 44.7 Å². The van der Waals surface area contributed by atoms with Crippen molar-refractivity contribution >= 4 is 44.8 Å². The zero-order valence-corrected chi connectivity index (χ0v) is 24.6. The van der Waals surface area contributed by atoms with E-state index in [1.54, 1.807) is 20.7 Å². The highest BCUT2D eigenvalue weighted by atomic mass is 32.9. The molecule has 0 bridgehead atoms. The first kappa shape index (κ1) is 30.0. The number of hydrogen-bond donors (Lipinski definition) is 0. The Hall–Kier alpha value is -2.55. The van der Waals surface area contributed by atoms with E-state index in [1.165, 1.54) is 0 Å². The summed E-state index contributed by atoms with van der Waals surface area (Å²) in [6.07, 6.45) is 4.88. The molecule has 2 aromatic rings. The molecular formula is C30H36O5S3. The highest BCUT2D eigenvalue weighted by molar-refractivity contribution is 7.80. The van der Waals surface area contributed by atoms with Crippen LogP contribution >= 0.6 is 32.9 Å². The van der Waals surface area contributed by atoms with Crippen LogP contribution in [0.2, 0.25) is 0 Å². The van der Waals surface area contributed by atoms with Gasteiger partial charge in [-0.25, -0.2) is 0 Å². The third-order valence-corrected chi connectivity index (χ3v) is 10.1. The van der Waals surface area contributed by atoms with Gasteiger partial charge in [0.2, 0.25) is 0 Å². The van der Waals surface area contributed by atoms with Crippen LogP contribution in [0.4, 0.5) is 0 Å². The van der Waals surface area contributed by atoms with Crippen LogP contribution in [0.3, 0.4) is 0 Å². The Kier molecular flexibility index (Phi) is 11.1. The molecule has 1 aromatic heterocycles. The molecule has 0 aliphatic heterocycles. The number of carbonyl (C=O) groups is 2. The van der Waals surface area contributed by atoms with Crippen molar-refractivity contribution < 1.29 is 23.8 Å². The number of benzene rings is 1. The summed E-state index contributed by atoms with van der Waals surface area (Å²) < 4.78 is 17.1. The Balaban J connectivity index is 1.30. The molecule has 3 atom stereocenters.